The third kappa shape index (κ3) is 4.63. The van der Waals surface area contributed by atoms with Gasteiger partial charge in [0.05, 0.1) is 7.11 Å². The van der Waals surface area contributed by atoms with Gasteiger partial charge in [-0.3, -0.25) is 0 Å². The second kappa shape index (κ2) is 8.38. The fourth-order valence-corrected chi connectivity index (χ4v) is 3.70. The van der Waals surface area contributed by atoms with Gasteiger partial charge in [0, 0.05) is 25.3 Å². The highest BCUT2D eigenvalue weighted by atomic mass is 16.5. The third-order valence-corrected chi connectivity index (χ3v) is 5.21. The largest absolute Gasteiger partial charge is 0.497 e. The van der Waals surface area contributed by atoms with Crippen LogP contribution in [0.25, 0.3) is 0 Å². The molecule has 2 aliphatic rings. The highest BCUT2D eigenvalue weighted by molar-refractivity contribution is 5.89. The predicted octanol–water partition coefficient (Wildman–Crippen LogP) is 3.43. The van der Waals surface area contributed by atoms with Gasteiger partial charge in [0.25, 0.3) is 0 Å². The summed E-state index contributed by atoms with van der Waals surface area (Å²) in [5.74, 6) is 1.54. The normalized spacial score (nSPS) is 20.0. The molecule has 24 heavy (non-hydrogen) atoms. The van der Waals surface area contributed by atoms with Gasteiger partial charge >= 0.3 is 6.03 Å². The molecule has 5 heteroatoms. The van der Waals surface area contributed by atoms with Crippen molar-refractivity contribution in [2.45, 2.75) is 32.1 Å². The van der Waals surface area contributed by atoms with E-state index in [1.807, 2.05) is 29.2 Å². The Morgan fingerprint density at radius 3 is 2.38 bits per heavy atom. The second-order valence-corrected chi connectivity index (χ2v) is 6.95. The number of anilines is 1. The Morgan fingerprint density at radius 1 is 1.08 bits per heavy atom. The van der Waals surface area contributed by atoms with Crippen LogP contribution >= 0.6 is 0 Å². The molecule has 1 N–H and O–H groups in total. The van der Waals surface area contributed by atoms with Crippen LogP contribution in [0.5, 0.6) is 5.75 Å². The van der Waals surface area contributed by atoms with E-state index in [2.05, 4.69) is 10.2 Å². The fourth-order valence-electron chi connectivity index (χ4n) is 3.70. The Balaban J connectivity index is 1.42. The van der Waals surface area contributed by atoms with Crippen molar-refractivity contribution in [3.8, 4) is 5.75 Å². The molecule has 0 unspecified atom stereocenters. The van der Waals surface area contributed by atoms with Gasteiger partial charge < -0.3 is 19.9 Å². The SMILES string of the molecule is COc1ccc(NC(=O)N2CCC(CN3CCCCC3)CC2)cc1. The summed E-state index contributed by atoms with van der Waals surface area (Å²) in [6, 6.07) is 7.48. The minimum atomic E-state index is 0.0107. The lowest BCUT2D eigenvalue weighted by atomic mass is 9.95. The molecule has 5 nitrogen and oxygen atoms in total. The third-order valence-electron chi connectivity index (χ3n) is 5.21. The number of amides is 2. The summed E-state index contributed by atoms with van der Waals surface area (Å²) in [6.07, 6.45) is 6.33. The Hall–Kier alpha value is -1.75. The summed E-state index contributed by atoms with van der Waals surface area (Å²) < 4.78 is 5.14. The van der Waals surface area contributed by atoms with E-state index in [4.69, 9.17) is 4.74 Å². The van der Waals surface area contributed by atoms with E-state index >= 15 is 0 Å². The van der Waals surface area contributed by atoms with Gasteiger partial charge in [-0.05, 0) is 69.0 Å². The molecule has 1 aromatic carbocycles. The number of carbonyl (C=O) groups is 1. The minimum Gasteiger partial charge on any atom is -0.497 e. The van der Waals surface area contributed by atoms with E-state index in [1.165, 1.54) is 38.9 Å². The van der Waals surface area contributed by atoms with Crippen molar-refractivity contribution in [2.75, 3.05) is 45.2 Å². The number of nitrogens with one attached hydrogen (secondary N) is 1. The van der Waals surface area contributed by atoms with Gasteiger partial charge in [-0.15, -0.1) is 0 Å². The molecule has 2 aliphatic heterocycles. The number of hydrogen-bond acceptors (Lipinski definition) is 3. The average molecular weight is 331 g/mol. The van der Waals surface area contributed by atoms with Crippen LogP contribution in [-0.4, -0.2) is 55.7 Å². The van der Waals surface area contributed by atoms with Crippen LogP contribution in [0.3, 0.4) is 0 Å². The first-order chi connectivity index (χ1) is 11.7. The van der Waals surface area contributed by atoms with Crippen molar-refractivity contribution in [2.24, 2.45) is 5.92 Å². The van der Waals surface area contributed by atoms with E-state index in [1.54, 1.807) is 7.11 Å². The van der Waals surface area contributed by atoms with Gasteiger partial charge in [0.1, 0.15) is 5.75 Å². The van der Waals surface area contributed by atoms with Crippen LogP contribution in [0, 0.1) is 5.92 Å². The van der Waals surface area contributed by atoms with Gasteiger partial charge in [-0.1, -0.05) is 6.42 Å². The first-order valence-electron chi connectivity index (χ1n) is 9.17. The number of carbonyl (C=O) groups excluding carboxylic acids is 1. The molecule has 1 aromatic rings. The van der Waals surface area contributed by atoms with Crippen LogP contribution < -0.4 is 10.1 Å². The molecule has 3 rings (SSSR count). The smallest absolute Gasteiger partial charge is 0.321 e. The standard InChI is InChI=1S/C19H29N3O2/c1-24-18-7-5-17(6-8-18)20-19(23)22-13-9-16(10-14-22)15-21-11-3-2-4-12-21/h5-8,16H,2-4,9-15H2,1H3,(H,20,23). The van der Waals surface area contributed by atoms with E-state index in [9.17, 15) is 4.79 Å². The molecule has 0 aromatic heterocycles. The fraction of sp³-hybridized carbons (Fsp3) is 0.632. The lowest BCUT2D eigenvalue weighted by Gasteiger charge is -2.36. The van der Waals surface area contributed by atoms with Crippen LogP contribution in [-0.2, 0) is 0 Å². The van der Waals surface area contributed by atoms with E-state index in [-0.39, 0.29) is 6.03 Å². The first kappa shape index (κ1) is 17.1. The summed E-state index contributed by atoms with van der Waals surface area (Å²) in [7, 11) is 1.64. The first-order valence-corrected chi connectivity index (χ1v) is 9.17. The molecule has 2 saturated heterocycles. The summed E-state index contributed by atoms with van der Waals surface area (Å²) in [6.45, 7) is 5.46. The summed E-state index contributed by atoms with van der Waals surface area (Å²) >= 11 is 0. The van der Waals surface area contributed by atoms with Crippen molar-refractivity contribution in [3.63, 3.8) is 0 Å². The summed E-state index contributed by atoms with van der Waals surface area (Å²) in [5.41, 5.74) is 0.816. The molecule has 0 radical (unpaired) electrons. The Kier molecular flexibility index (Phi) is 5.96. The molecular weight excluding hydrogens is 302 g/mol. The molecule has 2 fully saturated rings. The summed E-state index contributed by atoms with van der Waals surface area (Å²) in [5, 5.41) is 2.98. The second-order valence-electron chi connectivity index (χ2n) is 6.95. The van der Waals surface area contributed by atoms with Crippen molar-refractivity contribution in [1.29, 1.82) is 0 Å². The molecule has 0 bridgehead atoms. The van der Waals surface area contributed by atoms with Crippen molar-refractivity contribution >= 4 is 11.7 Å². The predicted molar refractivity (Wildman–Crippen MR) is 96.6 cm³/mol. The number of nitrogens with zero attached hydrogens (tertiary/aromatic N) is 2. The Morgan fingerprint density at radius 2 is 1.75 bits per heavy atom. The zero-order valence-electron chi connectivity index (χ0n) is 14.7. The Labute approximate surface area is 145 Å². The molecule has 0 spiro atoms. The number of likely N-dealkylation sites (tertiary alicyclic amines) is 2. The van der Waals surface area contributed by atoms with Crippen LogP contribution in [0.1, 0.15) is 32.1 Å². The highest BCUT2D eigenvalue weighted by Crippen LogP contribution is 2.22. The Bertz CT molecular complexity index is 518. The van der Waals surface area contributed by atoms with E-state index in [0.29, 0.717) is 0 Å². The van der Waals surface area contributed by atoms with Crippen LogP contribution in [0.4, 0.5) is 10.5 Å². The van der Waals surface area contributed by atoms with Crippen LogP contribution in [0.2, 0.25) is 0 Å². The maximum Gasteiger partial charge on any atom is 0.321 e. The topological polar surface area (TPSA) is 44.8 Å². The molecule has 0 saturated carbocycles. The minimum absolute atomic E-state index is 0.0107. The lowest BCUT2D eigenvalue weighted by Crippen LogP contribution is -2.44. The van der Waals surface area contributed by atoms with Crippen LogP contribution in [0.15, 0.2) is 24.3 Å². The molecule has 0 atom stereocenters. The maximum absolute atomic E-state index is 12.4. The number of ether oxygens (including phenoxy) is 1. The van der Waals surface area contributed by atoms with Crippen molar-refractivity contribution in [1.82, 2.24) is 9.80 Å². The number of piperidine rings is 2. The highest BCUT2D eigenvalue weighted by Gasteiger charge is 2.24. The molecule has 132 valence electrons. The number of hydrogen-bond donors (Lipinski definition) is 1. The number of rotatable bonds is 4. The van der Waals surface area contributed by atoms with Gasteiger partial charge in [0.15, 0.2) is 0 Å². The zero-order chi connectivity index (χ0) is 16.8. The van der Waals surface area contributed by atoms with Gasteiger partial charge in [0.2, 0.25) is 0 Å². The van der Waals surface area contributed by atoms with Gasteiger partial charge in [-0.2, -0.15) is 0 Å². The quantitative estimate of drug-likeness (QED) is 0.919. The average Bonchev–Trinajstić information content (AvgIpc) is 2.64. The summed E-state index contributed by atoms with van der Waals surface area (Å²) in [4.78, 5) is 16.9. The molecular formula is C19H29N3O2. The monoisotopic (exact) mass is 331 g/mol. The number of methoxy groups -OCH3 is 1. The maximum atomic E-state index is 12.4. The molecule has 2 amide bonds. The number of benzene rings is 1. The zero-order valence-corrected chi connectivity index (χ0v) is 14.7. The molecule has 0 aliphatic carbocycles. The van der Waals surface area contributed by atoms with Gasteiger partial charge in [-0.25, -0.2) is 4.79 Å². The number of urea groups is 1. The van der Waals surface area contributed by atoms with E-state index in [0.717, 1.165) is 43.3 Å². The van der Waals surface area contributed by atoms with E-state index < -0.39 is 0 Å². The molecule has 2 heterocycles. The van der Waals surface area contributed by atoms with Crippen molar-refractivity contribution < 1.29 is 9.53 Å². The lowest BCUT2D eigenvalue weighted by molar-refractivity contribution is 0.142. The van der Waals surface area contributed by atoms with Crippen molar-refractivity contribution in [3.05, 3.63) is 24.3 Å².